The fourth-order valence-electron chi connectivity index (χ4n) is 2.23. The minimum Gasteiger partial charge on any atom is -0.478 e. The lowest BCUT2D eigenvalue weighted by Crippen LogP contribution is -2.06. The van der Waals surface area contributed by atoms with Gasteiger partial charge in [0, 0.05) is 17.6 Å². The highest BCUT2D eigenvalue weighted by molar-refractivity contribution is 5.88. The Morgan fingerprint density at radius 1 is 0.963 bits per heavy atom. The molecule has 0 saturated carbocycles. The molecular weight excluding hydrogens is 361 g/mol. The summed E-state index contributed by atoms with van der Waals surface area (Å²) in [5, 5.41) is 14.6. The van der Waals surface area contributed by atoms with E-state index in [1.807, 2.05) is 0 Å². The zero-order valence-corrected chi connectivity index (χ0v) is 13.7. The van der Waals surface area contributed by atoms with Crippen LogP contribution in [-0.4, -0.2) is 21.0 Å². The Bertz CT molecular complexity index is 959. The van der Waals surface area contributed by atoms with Crippen LogP contribution in [0, 0.1) is 0 Å². The van der Waals surface area contributed by atoms with Crippen molar-refractivity contribution in [2.24, 2.45) is 0 Å². The molecule has 2 aromatic carbocycles. The van der Waals surface area contributed by atoms with Gasteiger partial charge < -0.3 is 15.7 Å². The van der Waals surface area contributed by atoms with Gasteiger partial charge in [-0.3, -0.25) is 0 Å². The Labute approximate surface area is 151 Å². The zero-order chi connectivity index (χ0) is 19.4. The maximum Gasteiger partial charge on any atom is 0.416 e. The van der Waals surface area contributed by atoms with Gasteiger partial charge in [0.2, 0.25) is 5.95 Å². The molecule has 3 rings (SSSR count). The van der Waals surface area contributed by atoms with E-state index in [1.54, 1.807) is 18.2 Å². The van der Waals surface area contributed by atoms with Gasteiger partial charge in [-0.15, -0.1) is 0 Å². The van der Waals surface area contributed by atoms with Gasteiger partial charge in [0.05, 0.1) is 11.1 Å². The molecule has 0 spiro atoms. The Morgan fingerprint density at radius 3 is 2.37 bits per heavy atom. The number of nitrogens with one attached hydrogen (secondary N) is 2. The highest BCUT2D eigenvalue weighted by Crippen LogP contribution is 2.31. The van der Waals surface area contributed by atoms with Crippen molar-refractivity contribution in [2.45, 2.75) is 6.18 Å². The highest BCUT2D eigenvalue weighted by Gasteiger charge is 2.30. The van der Waals surface area contributed by atoms with Gasteiger partial charge in [0.1, 0.15) is 5.82 Å². The molecule has 0 unspecified atom stereocenters. The number of anilines is 4. The van der Waals surface area contributed by atoms with Gasteiger partial charge in [-0.25, -0.2) is 9.78 Å². The number of halogens is 3. The van der Waals surface area contributed by atoms with Crippen LogP contribution in [0.2, 0.25) is 0 Å². The smallest absolute Gasteiger partial charge is 0.416 e. The number of alkyl halides is 3. The van der Waals surface area contributed by atoms with Crippen LogP contribution < -0.4 is 10.6 Å². The number of aromatic nitrogens is 2. The molecule has 0 atom stereocenters. The van der Waals surface area contributed by atoms with Gasteiger partial charge in [0.25, 0.3) is 0 Å². The van der Waals surface area contributed by atoms with Crippen molar-refractivity contribution in [1.29, 1.82) is 0 Å². The fraction of sp³-hybridized carbons (Fsp3) is 0.0556. The Balaban J connectivity index is 1.75. The van der Waals surface area contributed by atoms with E-state index in [1.165, 1.54) is 30.5 Å². The number of rotatable bonds is 5. The second-order valence-corrected chi connectivity index (χ2v) is 5.48. The number of carboxylic acids is 1. The van der Waals surface area contributed by atoms with Gasteiger partial charge in [-0.05, 0) is 48.5 Å². The van der Waals surface area contributed by atoms with E-state index >= 15 is 0 Å². The molecular formula is C18H13F3N4O2. The summed E-state index contributed by atoms with van der Waals surface area (Å²) in [5.74, 6) is -0.528. The normalized spacial score (nSPS) is 11.1. The van der Waals surface area contributed by atoms with E-state index in [4.69, 9.17) is 5.11 Å². The Kier molecular flexibility index (Phi) is 4.93. The average Bonchev–Trinajstić information content (AvgIpc) is 2.62. The summed E-state index contributed by atoms with van der Waals surface area (Å²) in [6.07, 6.45) is -3.00. The van der Waals surface area contributed by atoms with E-state index in [0.717, 1.165) is 12.1 Å². The van der Waals surface area contributed by atoms with Crippen LogP contribution in [0.5, 0.6) is 0 Å². The molecule has 0 amide bonds. The summed E-state index contributed by atoms with van der Waals surface area (Å²) in [7, 11) is 0. The van der Waals surface area contributed by atoms with Crippen LogP contribution in [0.25, 0.3) is 0 Å². The van der Waals surface area contributed by atoms with Crippen LogP contribution in [0.4, 0.5) is 36.3 Å². The van der Waals surface area contributed by atoms with Crippen LogP contribution in [-0.2, 0) is 6.18 Å². The molecule has 0 aliphatic heterocycles. The van der Waals surface area contributed by atoms with Crippen LogP contribution in [0.3, 0.4) is 0 Å². The van der Waals surface area contributed by atoms with Crippen molar-refractivity contribution in [3.63, 3.8) is 0 Å². The predicted molar refractivity (Wildman–Crippen MR) is 93.4 cm³/mol. The number of hydrogen-bond donors (Lipinski definition) is 3. The number of carbonyl (C=O) groups is 1. The van der Waals surface area contributed by atoms with Crippen molar-refractivity contribution in [3.8, 4) is 0 Å². The first-order valence-electron chi connectivity index (χ1n) is 7.69. The summed E-state index contributed by atoms with van der Waals surface area (Å²) in [4.78, 5) is 19.0. The molecule has 138 valence electrons. The molecule has 0 aliphatic rings. The van der Waals surface area contributed by atoms with Gasteiger partial charge in [-0.1, -0.05) is 6.07 Å². The summed E-state index contributed by atoms with van der Waals surface area (Å²) < 4.78 is 38.4. The number of nitrogens with zero attached hydrogens (tertiary/aromatic N) is 2. The van der Waals surface area contributed by atoms with E-state index in [9.17, 15) is 18.0 Å². The molecule has 0 radical (unpaired) electrons. The van der Waals surface area contributed by atoms with Crippen molar-refractivity contribution in [1.82, 2.24) is 9.97 Å². The Hall–Kier alpha value is -3.62. The molecule has 3 N–H and O–H groups in total. The topological polar surface area (TPSA) is 87.1 Å². The third-order valence-corrected chi connectivity index (χ3v) is 3.51. The number of hydrogen-bond acceptors (Lipinski definition) is 5. The highest BCUT2D eigenvalue weighted by atomic mass is 19.4. The maximum absolute atomic E-state index is 12.8. The molecule has 3 aromatic rings. The quantitative estimate of drug-likeness (QED) is 0.601. The van der Waals surface area contributed by atoms with Crippen LogP contribution in [0.1, 0.15) is 15.9 Å². The van der Waals surface area contributed by atoms with Crippen LogP contribution in [0.15, 0.2) is 60.8 Å². The molecule has 0 bridgehead atoms. The van der Waals surface area contributed by atoms with Gasteiger partial charge in [0.15, 0.2) is 0 Å². The number of carboxylic acid groups (broad SMARTS) is 1. The molecule has 1 heterocycles. The lowest BCUT2D eigenvalue weighted by Gasteiger charge is -2.11. The molecule has 9 heteroatoms. The molecule has 27 heavy (non-hydrogen) atoms. The van der Waals surface area contributed by atoms with Crippen molar-refractivity contribution < 1.29 is 23.1 Å². The summed E-state index contributed by atoms with van der Waals surface area (Å²) in [5.41, 5.74) is 0.173. The monoisotopic (exact) mass is 374 g/mol. The minimum absolute atomic E-state index is 0.112. The van der Waals surface area contributed by atoms with Crippen LogP contribution >= 0.6 is 0 Å². The van der Waals surface area contributed by atoms with Gasteiger partial charge >= 0.3 is 12.1 Å². The van der Waals surface area contributed by atoms with Crippen molar-refractivity contribution in [2.75, 3.05) is 10.6 Å². The fourth-order valence-corrected chi connectivity index (χ4v) is 2.23. The zero-order valence-electron chi connectivity index (χ0n) is 13.7. The predicted octanol–water partition coefficient (Wildman–Crippen LogP) is 4.68. The van der Waals surface area contributed by atoms with E-state index < -0.39 is 17.7 Å². The third kappa shape index (κ3) is 4.72. The Morgan fingerprint density at radius 2 is 1.70 bits per heavy atom. The van der Waals surface area contributed by atoms with E-state index in [-0.39, 0.29) is 17.2 Å². The number of aromatic carboxylic acids is 1. The minimum atomic E-state index is -4.44. The second-order valence-electron chi connectivity index (χ2n) is 5.48. The number of benzene rings is 2. The summed E-state index contributed by atoms with van der Waals surface area (Å²) >= 11 is 0. The maximum atomic E-state index is 12.8. The molecule has 0 aliphatic carbocycles. The van der Waals surface area contributed by atoms with Crippen molar-refractivity contribution in [3.05, 3.63) is 71.9 Å². The standard InChI is InChI=1S/C18H13F3N4O2/c19-18(20,21)12-2-1-3-14(10-12)24-17-22-9-8-15(25-17)23-13-6-4-11(5-7-13)16(26)27/h1-10H,(H,26,27)(H2,22,23,24,25). The summed E-state index contributed by atoms with van der Waals surface area (Å²) in [6, 6.07) is 12.3. The third-order valence-electron chi connectivity index (χ3n) is 3.51. The van der Waals surface area contributed by atoms with Gasteiger partial charge in [-0.2, -0.15) is 18.2 Å². The molecule has 0 saturated heterocycles. The molecule has 0 fully saturated rings. The van der Waals surface area contributed by atoms with Crippen molar-refractivity contribution >= 4 is 29.1 Å². The second kappa shape index (κ2) is 7.32. The lowest BCUT2D eigenvalue weighted by atomic mass is 10.2. The van der Waals surface area contributed by atoms with E-state index in [0.29, 0.717) is 11.5 Å². The van der Waals surface area contributed by atoms with E-state index in [2.05, 4.69) is 20.6 Å². The average molecular weight is 374 g/mol. The molecule has 1 aromatic heterocycles. The molecule has 6 nitrogen and oxygen atoms in total. The first-order valence-corrected chi connectivity index (χ1v) is 7.69. The lowest BCUT2D eigenvalue weighted by molar-refractivity contribution is -0.137. The summed E-state index contributed by atoms with van der Waals surface area (Å²) in [6.45, 7) is 0. The first-order chi connectivity index (χ1) is 12.8. The first kappa shape index (κ1) is 18.2. The largest absolute Gasteiger partial charge is 0.478 e. The SMILES string of the molecule is O=C(O)c1ccc(Nc2ccnc(Nc3cccc(C(F)(F)F)c3)n2)cc1.